The van der Waals surface area contributed by atoms with E-state index in [-0.39, 0.29) is 5.91 Å². The van der Waals surface area contributed by atoms with Gasteiger partial charge in [0.15, 0.2) is 0 Å². The lowest BCUT2D eigenvalue weighted by Gasteiger charge is -2.05. The molecule has 3 aromatic rings. The Labute approximate surface area is 155 Å². The zero-order valence-corrected chi connectivity index (χ0v) is 14.9. The van der Waals surface area contributed by atoms with Crippen LogP contribution in [-0.4, -0.2) is 23.7 Å². The van der Waals surface area contributed by atoms with Crippen LogP contribution in [0.15, 0.2) is 53.5 Å². The summed E-state index contributed by atoms with van der Waals surface area (Å²) in [5, 5.41) is 3.74. The Morgan fingerprint density at radius 2 is 2.04 bits per heavy atom. The lowest BCUT2D eigenvalue weighted by Crippen LogP contribution is -2.22. The summed E-state index contributed by atoms with van der Waals surface area (Å²) in [6.45, 7) is 1.29. The summed E-state index contributed by atoms with van der Waals surface area (Å²) in [5.74, 6) is -0.172. The highest BCUT2D eigenvalue weighted by atomic mass is 32.1. The molecule has 0 unspecified atom stereocenters. The number of allylic oxidation sites excluding steroid dienone is 1. The topological polar surface area (TPSA) is 80.4 Å². The van der Waals surface area contributed by atoms with Crippen molar-refractivity contribution in [1.82, 2.24) is 10.3 Å². The van der Waals surface area contributed by atoms with Gasteiger partial charge in [0.05, 0.1) is 11.4 Å². The van der Waals surface area contributed by atoms with Crippen LogP contribution in [0.5, 0.6) is 0 Å². The smallest absolute Gasteiger partial charge is 0.263 e. The molecular formula is C20H18N4OS. The molecule has 4 rings (SSSR count). The number of thiophene rings is 1. The van der Waals surface area contributed by atoms with Gasteiger partial charge in [0, 0.05) is 30.3 Å². The molecule has 2 aromatic heterocycles. The Morgan fingerprint density at radius 3 is 2.81 bits per heavy atom. The van der Waals surface area contributed by atoms with Crippen molar-refractivity contribution in [2.75, 3.05) is 12.3 Å². The van der Waals surface area contributed by atoms with Gasteiger partial charge in [0.25, 0.3) is 5.91 Å². The molecule has 0 bridgehead atoms. The molecule has 5 nitrogen and oxygen atoms in total. The molecule has 0 aliphatic carbocycles. The molecule has 3 N–H and O–H groups in total. The number of carbonyl (C=O) groups excluding carboxylic acids is 1. The molecule has 26 heavy (non-hydrogen) atoms. The first-order valence-electron chi connectivity index (χ1n) is 8.44. The normalized spacial score (nSPS) is 13.6. The minimum atomic E-state index is -0.172. The molecule has 0 fully saturated rings. The number of pyridine rings is 1. The lowest BCUT2D eigenvalue weighted by molar-refractivity contribution is 0.0956. The van der Waals surface area contributed by atoms with E-state index in [0.29, 0.717) is 17.1 Å². The van der Waals surface area contributed by atoms with Crippen LogP contribution in [0, 0.1) is 0 Å². The summed E-state index contributed by atoms with van der Waals surface area (Å²) >= 11 is 1.33. The average molecular weight is 362 g/mol. The largest absolute Gasteiger partial charge is 0.397 e. The highest BCUT2D eigenvalue weighted by Gasteiger charge is 2.18. The Balaban J connectivity index is 1.59. The van der Waals surface area contributed by atoms with E-state index in [4.69, 9.17) is 5.73 Å². The number of rotatable bonds is 4. The summed E-state index contributed by atoms with van der Waals surface area (Å²) in [6.07, 6.45) is 4.90. The molecular weight excluding hydrogens is 344 g/mol. The Morgan fingerprint density at radius 1 is 1.19 bits per heavy atom. The van der Waals surface area contributed by atoms with E-state index in [1.165, 1.54) is 11.3 Å². The zero-order valence-electron chi connectivity index (χ0n) is 14.1. The number of nitrogen functional groups attached to an aromatic ring is 1. The molecule has 1 aromatic carbocycles. The molecule has 0 radical (unpaired) electrons. The second kappa shape index (κ2) is 7.09. The van der Waals surface area contributed by atoms with Crippen LogP contribution in [0.1, 0.15) is 27.3 Å². The summed E-state index contributed by atoms with van der Waals surface area (Å²) in [4.78, 5) is 22.8. The predicted octanol–water partition coefficient (Wildman–Crippen LogP) is 3.67. The van der Waals surface area contributed by atoms with Crippen LogP contribution in [0.3, 0.4) is 0 Å². The second-order valence-corrected chi connectivity index (χ2v) is 7.04. The fraction of sp³-hybridized carbons (Fsp3) is 0.150. The van der Waals surface area contributed by atoms with E-state index in [9.17, 15) is 4.79 Å². The Hall–Kier alpha value is -2.99. The van der Waals surface area contributed by atoms with Crippen LogP contribution < -0.4 is 11.1 Å². The van der Waals surface area contributed by atoms with Crippen molar-refractivity contribution in [3.8, 4) is 0 Å². The maximum atomic E-state index is 12.6. The molecule has 1 amide bonds. The third-order valence-electron chi connectivity index (χ3n) is 4.24. The lowest BCUT2D eigenvalue weighted by atomic mass is 10.1. The maximum Gasteiger partial charge on any atom is 0.263 e. The fourth-order valence-electron chi connectivity index (χ4n) is 2.87. The number of aliphatic imine (C=N–C) groups is 1. The first kappa shape index (κ1) is 16.5. The van der Waals surface area contributed by atoms with Crippen molar-refractivity contribution >= 4 is 44.9 Å². The first-order chi connectivity index (χ1) is 12.7. The summed E-state index contributed by atoms with van der Waals surface area (Å²) in [6, 6.07) is 13.7. The number of fused-ring (bicyclic) bond motifs is 1. The number of carbonyl (C=O) groups is 1. The molecule has 3 heterocycles. The van der Waals surface area contributed by atoms with Gasteiger partial charge in [-0.1, -0.05) is 36.4 Å². The maximum absolute atomic E-state index is 12.6. The summed E-state index contributed by atoms with van der Waals surface area (Å²) < 4.78 is 0. The van der Waals surface area contributed by atoms with E-state index in [1.54, 1.807) is 0 Å². The number of hydrogen-bond acceptors (Lipinski definition) is 5. The number of dihydropyridines is 1. The van der Waals surface area contributed by atoms with Crippen LogP contribution in [-0.2, 0) is 6.54 Å². The van der Waals surface area contributed by atoms with E-state index in [1.807, 2.05) is 48.7 Å². The van der Waals surface area contributed by atoms with Crippen molar-refractivity contribution in [3.63, 3.8) is 0 Å². The number of nitrogens with two attached hydrogens (primary N) is 1. The van der Waals surface area contributed by atoms with Crippen LogP contribution in [0.2, 0.25) is 0 Å². The predicted molar refractivity (Wildman–Crippen MR) is 108 cm³/mol. The number of benzene rings is 1. The number of amides is 1. The van der Waals surface area contributed by atoms with Gasteiger partial charge in [-0.05, 0) is 24.1 Å². The fourth-order valence-corrected chi connectivity index (χ4v) is 3.88. The van der Waals surface area contributed by atoms with E-state index in [2.05, 4.69) is 21.4 Å². The Bertz CT molecular complexity index is 1020. The molecule has 0 spiro atoms. The minimum Gasteiger partial charge on any atom is -0.397 e. The van der Waals surface area contributed by atoms with Gasteiger partial charge in [0.1, 0.15) is 9.71 Å². The van der Waals surface area contributed by atoms with Gasteiger partial charge in [-0.3, -0.25) is 9.79 Å². The van der Waals surface area contributed by atoms with Gasteiger partial charge >= 0.3 is 0 Å². The first-order valence-corrected chi connectivity index (χ1v) is 9.25. The number of hydrogen-bond donors (Lipinski definition) is 2. The number of anilines is 1. The van der Waals surface area contributed by atoms with Gasteiger partial charge in [-0.2, -0.15) is 0 Å². The monoisotopic (exact) mass is 362 g/mol. The molecule has 6 heteroatoms. The molecule has 130 valence electrons. The number of nitrogens with one attached hydrogen (secondary N) is 1. The van der Waals surface area contributed by atoms with E-state index >= 15 is 0 Å². The summed E-state index contributed by atoms with van der Waals surface area (Å²) in [5.41, 5.74) is 9.61. The van der Waals surface area contributed by atoms with E-state index < -0.39 is 0 Å². The number of aromatic nitrogens is 1. The highest BCUT2D eigenvalue weighted by Crippen LogP contribution is 2.33. The Kier molecular flexibility index (Phi) is 4.50. The molecule has 0 saturated heterocycles. The van der Waals surface area contributed by atoms with Crippen LogP contribution >= 0.6 is 11.3 Å². The van der Waals surface area contributed by atoms with Crippen molar-refractivity contribution in [2.45, 2.75) is 13.0 Å². The summed E-state index contributed by atoms with van der Waals surface area (Å²) in [7, 11) is 0. The third kappa shape index (κ3) is 3.23. The van der Waals surface area contributed by atoms with Gasteiger partial charge < -0.3 is 11.1 Å². The second-order valence-electron chi connectivity index (χ2n) is 6.05. The van der Waals surface area contributed by atoms with Crippen molar-refractivity contribution in [2.24, 2.45) is 4.99 Å². The molecule has 1 aliphatic rings. The van der Waals surface area contributed by atoms with Crippen molar-refractivity contribution in [3.05, 3.63) is 64.7 Å². The van der Waals surface area contributed by atoms with Crippen LogP contribution in [0.25, 0.3) is 15.8 Å². The molecule has 1 aliphatic heterocycles. The van der Waals surface area contributed by atoms with Gasteiger partial charge in [-0.25, -0.2) is 4.98 Å². The number of nitrogens with zero attached hydrogens (tertiary/aromatic N) is 2. The molecule has 0 atom stereocenters. The standard InChI is InChI=1S/C20H18N4OS/c21-17-15-8-9-16(14-7-4-10-22-12-14)24-20(15)26-18(17)19(25)23-11-13-5-2-1-3-6-13/h1-3,5-9,12H,4,10-11,21H2,(H,23,25). The van der Waals surface area contributed by atoms with Crippen molar-refractivity contribution < 1.29 is 4.79 Å². The SMILES string of the molecule is Nc1c(C(=O)NCc2ccccc2)sc2nc(C3=CCCN=C3)ccc12. The van der Waals surface area contributed by atoms with Crippen molar-refractivity contribution in [1.29, 1.82) is 0 Å². The zero-order chi connectivity index (χ0) is 17.9. The van der Waals surface area contributed by atoms with Gasteiger partial charge in [0.2, 0.25) is 0 Å². The van der Waals surface area contributed by atoms with Crippen LogP contribution in [0.4, 0.5) is 5.69 Å². The average Bonchev–Trinajstić information content (AvgIpc) is 3.04. The third-order valence-corrected chi connectivity index (χ3v) is 5.36. The molecule has 0 saturated carbocycles. The van der Waals surface area contributed by atoms with Gasteiger partial charge in [-0.15, -0.1) is 11.3 Å². The van der Waals surface area contributed by atoms with E-state index in [0.717, 1.165) is 40.0 Å². The quantitative estimate of drug-likeness (QED) is 0.743. The minimum absolute atomic E-state index is 0.172. The highest BCUT2D eigenvalue weighted by molar-refractivity contribution is 7.21.